The predicted octanol–water partition coefficient (Wildman–Crippen LogP) is 1.79. The number of fused-ring (bicyclic) bond motifs is 1. The molecule has 0 amide bonds. The molecule has 0 aliphatic rings. The third kappa shape index (κ3) is 1.38. The molecule has 0 fully saturated rings. The number of hydrogen-bond donors (Lipinski definition) is 2. The molecule has 0 saturated heterocycles. The van der Waals surface area contributed by atoms with Gasteiger partial charge in [-0.3, -0.25) is 4.79 Å². The van der Waals surface area contributed by atoms with E-state index in [9.17, 15) is 4.79 Å². The van der Waals surface area contributed by atoms with Crippen LogP contribution in [0.2, 0.25) is 0 Å². The number of nitrogens with two attached hydrogens (primary N) is 1. The second-order valence-electron chi connectivity index (χ2n) is 3.02. The zero-order chi connectivity index (χ0) is 10.1. The molecule has 3 N–H and O–H groups in total. The van der Waals surface area contributed by atoms with Gasteiger partial charge in [0, 0.05) is 10.4 Å². The van der Waals surface area contributed by atoms with Gasteiger partial charge in [0.05, 0.1) is 11.5 Å². The number of aldehydes is 1. The van der Waals surface area contributed by atoms with Gasteiger partial charge in [0.1, 0.15) is 0 Å². The van der Waals surface area contributed by atoms with Gasteiger partial charge in [-0.05, 0) is 29.1 Å². The van der Waals surface area contributed by atoms with Gasteiger partial charge in [0.25, 0.3) is 0 Å². The van der Waals surface area contributed by atoms with Gasteiger partial charge < -0.3 is 10.8 Å². The zero-order valence-corrected chi connectivity index (χ0v) is 8.17. The second-order valence-corrected chi connectivity index (χ2v) is 4.13. The highest BCUT2D eigenvalue weighted by Gasteiger charge is 2.06. The van der Waals surface area contributed by atoms with Crippen molar-refractivity contribution in [3.8, 4) is 0 Å². The van der Waals surface area contributed by atoms with Crippen LogP contribution < -0.4 is 5.73 Å². The summed E-state index contributed by atoms with van der Waals surface area (Å²) in [6, 6.07) is 5.31. The van der Waals surface area contributed by atoms with Crippen LogP contribution in [0.4, 0.5) is 5.69 Å². The van der Waals surface area contributed by atoms with Crippen LogP contribution >= 0.6 is 11.3 Å². The van der Waals surface area contributed by atoms with E-state index < -0.39 is 0 Å². The number of nitrogen functional groups attached to an aromatic ring is 1. The minimum Gasteiger partial charge on any atom is -0.399 e. The van der Waals surface area contributed by atoms with Gasteiger partial charge in [0.2, 0.25) is 0 Å². The molecule has 2 rings (SSSR count). The Morgan fingerprint density at radius 1 is 1.43 bits per heavy atom. The SMILES string of the molecule is Nc1cc(CO)c2cc(C=O)sc2c1. The van der Waals surface area contributed by atoms with Crippen LogP contribution in [0.25, 0.3) is 10.1 Å². The van der Waals surface area contributed by atoms with Crippen molar-refractivity contribution in [2.75, 3.05) is 5.73 Å². The largest absolute Gasteiger partial charge is 0.399 e. The molecule has 1 heterocycles. The molecule has 0 aliphatic carbocycles. The van der Waals surface area contributed by atoms with Gasteiger partial charge in [-0.2, -0.15) is 0 Å². The van der Waals surface area contributed by atoms with Crippen LogP contribution in [0.3, 0.4) is 0 Å². The highest BCUT2D eigenvalue weighted by molar-refractivity contribution is 7.20. The van der Waals surface area contributed by atoms with Gasteiger partial charge in [-0.25, -0.2) is 0 Å². The molecule has 14 heavy (non-hydrogen) atoms. The molecule has 0 saturated carbocycles. The molecule has 0 spiro atoms. The van der Waals surface area contributed by atoms with E-state index in [-0.39, 0.29) is 6.61 Å². The molecule has 4 heteroatoms. The molecule has 3 nitrogen and oxygen atoms in total. The summed E-state index contributed by atoms with van der Waals surface area (Å²) >= 11 is 1.38. The molecule has 0 aliphatic heterocycles. The van der Waals surface area contributed by atoms with Crippen molar-refractivity contribution in [3.05, 3.63) is 28.6 Å². The summed E-state index contributed by atoms with van der Waals surface area (Å²) in [7, 11) is 0. The Morgan fingerprint density at radius 2 is 2.21 bits per heavy atom. The standard InChI is InChI=1S/C10H9NO2S/c11-7-1-6(4-12)9-3-8(5-13)14-10(9)2-7/h1-3,5,12H,4,11H2. The number of aliphatic hydroxyl groups excluding tert-OH is 1. The fourth-order valence-electron chi connectivity index (χ4n) is 1.44. The van der Waals surface area contributed by atoms with E-state index in [2.05, 4.69) is 0 Å². The summed E-state index contributed by atoms with van der Waals surface area (Å²) in [5.41, 5.74) is 7.04. The van der Waals surface area contributed by atoms with E-state index in [1.54, 1.807) is 12.1 Å². The van der Waals surface area contributed by atoms with Crippen LogP contribution in [-0.4, -0.2) is 11.4 Å². The zero-order valence-electron chi connectivity index (χ0n) is 7.36. The normalized spacial score (nSPS) is 10.6. The molecule has 72 valence electrons. The van der Waals surface area contributed by atoms with Crippen LogP contribution in [0.1, 0.15) is 15.2 Å². The Balaban J connectivity index is 2.77. The van der Waals surface area contributed by atoms with E-state index in [1.165, 1.54) is 11.3 Å². The van der Waals surface area contributed by atoms with Crippen LogP contribution in [0.15, 0.2) is 18.2 Å². The van der Waals surface area contributed by atoms with E-state index in [4.69, 9.17) is 10.8 Å². The van der Waals surface area contributed by atoms with Gasteiger partial charge in [-0.15, -0.1) is 11.3 Å². The lowest BCUT2D eigenvalue weighted by Crippen LogP contribution is -1.89. The monoisotopic (exact) mass is 207 g/mol. The van der Waals surface area contributed by atoms with Crippen molar-refractivity contribution in [3.63, 3.8) is 0 Å². The maximum Gasteiger partial charge on any atom is 0.160 e. The van der Waals surface area contributed by atoms with Gasteiger partial charge in [0.15, 0.2) is 6.29 Å². The minimum absolute atomic E-state index is 0.0590. The third-order valence-corrected chi connectivity index (χ3v) is 3.06. The average Bonchev–Trinajstić information content (AvgIpc) is 2.59. The lowest BCUT2D eigenvalue weighted by Gasteiger charge is -2.00. The Hall–Kier alpha value is -1.39. The average molecular weight is 207 g/mol. The highest BCUT2D eigenvalue weighted by atomic mass is 32.1. The number of hydrogen-bond acceptors (Lipinski definition) is 4. The predicted molar refractivity (Wildman–Crippen MR) is 57.5 cm³/mol. The van der Waals surface area contributed by atoms with Crippen molar-refractivity contribution in [2.24, 2.45) is 0 Å². The Morgan fingerprint density at radius 3 is 2.86 bits per heavy atom. The number of benzene rings is 1. The number of carbonyl (C=O) groups excluding carboxylic acids is 1. The summed E-state index contributed by atoms with van der Waals surface area (Å²) < 4.78 is 0.941. The topological polar surface area (TPSA) is 63.3 Å². The Bertz CT molecular complexity index is 490. The maximum absolute atomic E-state index is 10.6. The lowest BCUT2D eigenvalue weighted by molar-refractivity contribution is 0.112. The first-order chi connectivity index (χ1) is 6.74. The first-order valence-electron chi connectivity index (χ1n) is 4.12. The van der Waals surface area contributed by atoms with Crippen LogP contribution in [-0.2, 0) is 6.61 Å². The lowest BCUT2D eigenvalue weighted by atomic mass is 10.1. The van der Waals surface area contributed by atoms with Crippen LogP contribution in [0, 0.1) is 0 Å². The molecular formula is C10H9NO2S. The number of thiophene rings is 1. The van der Waals surface area contributed by atoms with Crippen molar-refractivity contribution in [1.82, 2.24) is 0 Å². The summed E-state index contributed by atoms with van der Waals surface area (Å²) in [6.07, 6.45) is 0.808. The van der Waals surface area contributed by atoms with Crippen molar-refractivity contribution < 1.29 is 9.90 Å². The number of aliphatic hydroxyl groups is 1. The minimum atomic E-state index is -0.0590. The summed E-state index contributed by atoms with van der Waals surface area (Å²) in [5, 5.41) is 10.0. The molecule has 1 aromatic heterocycles. The van der Waals surface area contributed by atoms with E-state index in [0.29, 0.717) is 10.6 Å². The smallest absolute Gasteiger partial charge is 0.160 e. The third-order valence-electron chi connectivity index (χ3n) is 2.05. The Kier molecular flexibility index (Phi) is 2.23. The molecule has 0 atom stereocenters. The van der Waals surface area contributed by atoms with Crippen molar-refractivity contribution >= 4 is 33.4 Å². The molecule has 0 bridgehead atoms. The first-order valence-corrected chi connectivity index (χ1v) is 4.94. The summed E-state index contributed by atoms with van der Waals surface area (Å²) in [6.45, 7) is -0.0590. The van der Waals surface area contributed by atoms with E-state index in [0.717, 1.165) is 21.9 Å². The fraction of sp³-hybridized carbons (Fsp3) is 0.100. The molecule has 1 aromatic carbocycles. The quantitative estimate of drug-likeness (QED) is 0.583. The molecule has 2 aromatic rings. The van der Waals surface area contributed by atoms with E-state index >= 15 is 0 Å². The van der Waals surface area contributed by atoms with Crippen molar-refractivity contribution in [2.45, 2.75) is 6.61 Å². The van der Waals surface area contributed by atoms with Gasteiger partial charge >= 0.3 is 0 Å². The highest BCUT2D eigenvalue weighted by Crippen LogP contribution is 2.29. The van der Waals surface area contributed by atoms with Crippen molar-refractivity contribution in [1.29, 1.82) is 0 Å². The molecular weight excluding hydrogens is 198 g/mol. The summed E-state index contributed by atoms with van der Waals surface area (Å²) in [5.74, 6) is 0. The number of anilines is 1. The number of rotatable bonds is 2. The summed E-state index contributed by atoms with van der Waals surface area (Å²) in [4.78, 5) is 11.2. The maximum atomic E-state index is 10.6. The van der Waals surface area contributed by atoms with E-state index in [1.807, 2.05) is 6.07 Å². The fourth-order valence-corrected chi connectivity index (χ4v) is 2.42. The first kappa shape index (κ1) is 9.18. The van der Waals surface area contributed by atoms with Crippen LogP contribution in [0.5, 0.6) is 0 Å². The molecule has 0 radical (unpaired) electrons. The van der Waals surface area contributed by atoms with Gasteiger partial charge in [-0.1, -0.05) is 0 Å². The second kappa shape index (κ2) is 3.40. The Labute approximate surface area is 84.8 Å². The molecule has 0 unspecified atom stereocenters. The number of carbonyl (C=O) groups is 1.